The maximum absolute atomic E-state index is 12.3. The Hall–Kier alpha value is -1.18. The van der Waals surface area contributed by atoms with Crippen LogP contribution in [0.1, 0.15) is 17.4 Å². The smallest absolute Gasteiger partial charge is 0.449 e. The molecule has 0 fully saturated rings. The molecule has 1 rings (SSSR count). The Kier molecular flexibility index (Phi) is 3.22. The van der Waals surface area contributed by atoms with Crippen molar-refractivity contribution >= 4 is 0 Å². The number of nitrogens with two attached hydrogens (primary N) is 1. The van der Waals surface area contributed by atoms with Crippen molar-refractivity contribution in [2.75, 3.05) is 6.54 Å². The maximum atomic E-state index is 12.3. The molecule has 1 atom stereocenters. The van der Waals surface area contributed by atoms with Gasteiger partial charge in [-0.1, -0.05) is 0 Å². The molecule has 0 aliphatic heterocycles. The molecular formula is C8H7F6NO. The number of alkyl halides is 6. The van der Waals surface area contributed by atoms with Crippen LogP contribution in [0.2, 0.25) is 0 Å². The lowest BCUT2D eigenvalue weighted by molar-refractivity contribution is -0.162. The Labute approximate surface area is 86.0 Å². The average Bonchev–Trinajstić information content (AvgIpc) is 2.50. The zero-order valence-electron chi connectivity index (χ0n) is 7.69. The molecule has 1 heterocycles. The lowest BCUT2D eigenvalue weighted by Crippen LogP contribution is -2.27. The van der Waals surface area contributed by atoms with Gasteiger partial charge in [-0.05, 0) is 12.1 Å². The first kappa shape index (κ1) is 12.9. The predicted molar refractivity (Wildman–Crippen MR) is 41.6 cm³/mol. The third-order valence-electron chi connectivity index (χ3n) is 1.88. The van der Waals surface area contributed by atoms with Gasteiger partial charge in [-0.25, -0.2) is 0 Å². The lowest BCUT2D eigenvalue weighted by atomic mass is 10.1. The van der Waals surface area contributed by atoms with E-state index in [0.717, 1.165) is 0 Å². The molecule has 1 aromatic rings. The minimum absolute atomic E-state index is 0.448. The van der Waals surface area contributed by atoms with Crippen molar-refractivity contribution in [2.45, 2.75) is 18.3 Å². The molecule has 0 aliphatic rings. The normalized spacial score (nSPS) is 15.2. The largest absolute Gasteiger partial charge is 0.456 e. The van der Waals surface area contributed by atoms with E-state index in [2.05, 4.69) is 4.42 Å². The Morgan fingerprint density at radius 2 is 1.69 bits per heavy atom. The molecule has 0 spiro atoms. The molecular weight excluding hydrogens is 240 g/mol. The van der Waals surface area contributed by atoms with Crippen LogP contribution < -0.4 is 5.73 Å². The van der Waals surface area contributed by atoms with E-state index in [1.54, 1.807) is 0 Å². The molecule has 16 heavy (non-hydrogen) atoms. The summed E-state index contributed by atoms with van der Waals surface area (Å²) in [4.78, 5) is 0. The highest BCUT2D eigenvalue weighted by Gasteiger charge is 2.43. The summed E-state index contributed by atoms with van der Waals surface area (Å²) in [6, 6.07) is 1.08. The summed E-state index contributed by atoms with van der Waals surface area (Å²) in [7, 11) is 0. The van der Waals surface area contributed by atoms with Gasteiger partial charge in [0.25, 0.3) is 0 Å². The van der Waals surface area contributed by atoms with E-state index in [9.17, 15) is 26.3 Å². The van der Waals surface area contributed by atoms with E-state index < -0.39 is 36.3 Å². The summed E-state index contributed by atoms with van der Waals surface area (Å²) in [5.41, 5.74) is 4.85. The van der Waals surface area contributed by atoms with Gasteiger partial charge in [0.15, 0.2) is 0 Å². The molecule has 92 valence electrons. The van der Waals surface area contributed by atoms with Gasteiger partial charge in [0.2, 0.25) is 5.76 Å². The highest BCUT2D eigenvalue weighted by molar-refractivity contribution is 5.15. The van der Waals surface area contributed by atoms with Gasteiger partial charge in [0.1, 0.15) is 11.7 Å². The molecule has 8 heteroatoms. The van der Waals surface area contributed by atoms with E-state index in [-0.39, 0.29) is 0 Å². The van der Waals surface area contributed by atoms with Crippen molar-refractivity contribution in [1.29, 1.82) is 0 Å². The number of hydrogen-bond donors (Lipinski definition) is 1. The Bertz CT molecular complexity index is 352. The zero-order chi connectivity index (χ0) is 12.6. The van der Waals surface area contributed by atoms with Crippen molar-refractivity contribution < 1.29 is 30.8 Å². The van der Waals surface area contributed by atoms with Crippen LogP contribution in [0.5, 0.6) is 0 Å². The summed E-state index contributed by atoms with van der Waals surface area (Å²) in [6.45, 7) is -0.867. The third-order valence-corrected chi connectivity index (χ3v) is 1.88. The molecule has 0 saturated heterocycles. The summed E-state index contributed by atoms with van der Waals surface area (Å²) >= 11 is 0. The van der Waals surface area contributed by atoms with E-state index in [1.165, 1.54) is 0 Å². The lowest BCUT2D eigenvalue weighted by Gasteiger charge is -2.15. The Balaban J connectivity index is 3.01. The molecule has 0 aromatic carbocycles. The molecule has 1 unspecified atom stereocenters. The van der Waals surface area contributed by atoms with Crippen LogP contribution in [0.25, 0.3) is 0 Å². The fraction of sp³-hybridized carbons (Fsp3) is 0.500. The highest BCUT2D eigenvalue weighted by Crippen LogP contribution is 2.38. The second-order valence-electron chi connectivity index (χ2n) is 3.03. The summed E-state index contributed by atoms with van der Waals surface area (Å²) in [5, 5.41) is 0. The molecule has 0 radical (unpaired) electrons. The van der Waals surface area contributed by atoms with Crippen LogP contribution >= 0.6 is 0 Å². The van der Waals surface area contributed by atoms with Crippen LogP contribution in [0.4, 0.5) is 26.3 Å². The standard InChI is InChI=1S/C8H7F6NO/c9-7(10,11)4(3-15)5-1-2-6(16-5)8(12,13)14/h1-2,4H,3,15H2. The molecule has 0 amide bonds. The third kappa shape index (κ3) is 2.69. The zero-order valence-corrected chi connectivity index (χ0v) is 7.69. The number of furan rings is 1. The molecule has 0 bridgehead atoms. The maximum Gasteiger partial charge on any atom is 0.449 e. The minimum atomic E-state index is -4.80. The second kappa shape index (κ2) is 4.00. The topological polar surface area (TPSA) is 39.2 Å². The van der Waals surface area contributed by atoms with E-state index >= 15 is 0 Å². The van der Waals surface area contributed by atoms with Crippen LogP contribution in [0.15, 0.2) is 16.5 Å². The highest BCUT2D eigenvalue weighted by atomic mass is 19.4. The van der Waals surface area contributed by atoms with Gasteiger partial charge in [0, 0.05) is 6.54 Å². The first-order chi connectivity index (χ1) is 7.16. The number of halogens is 6. The van der Waals surface area contributed by atoms with Gasteiger partial charge < -0.3 is 10.2 Å². The van der Waals surface area contributed by atoms with Crippen molar-refractivity contribution in [3.8, 4) is 0 Å². The van der Waals surface area contributed by atoms with Crippen LogP contribution in [-0.4, -0.2) is 12.7 Å². The summed E-state index contributed by atoms with van der Waals surface area (Å²) in [6.07, 6.45) is -9.53. The van der Waals surface area contributed by atoms with Crippen LogP contribution in [0, 0.1) is 0 Å². The molecule has 0 aliphatic carbocycles. The van der Waals surface area contributed by atoms with Crippen molar-refractivity contribution in [3.05, 3.63) is 23.7 Å². The molecule has 2 N–H and O–H groups in total. The van der Waals surface area contributed by atoms with Crippen molar-refractivity contribution in [3.63, 3.8) is 0 Å². The Morgan fingerprint density at radius 1 is 1.12 bits per heavy atom. The van der Waals surface area contributed by atoms with Crippen LogP contribution in [0.3, 0.4) is 0 Å². The van der Waals surface area contributed by atoms with Crippen molar-refractivity contribution in [1.82, 2.24) is 0 Å². The fourth-order valence-corrected chi connectivity index (χ4v) is 1.10. The van der Waals surface area contributed by atoms with E-state index in [1.807, 2.05) is 0 Å². The number of rotatable bonds is 2. The second-order valence-corrected chi connectivity index (χ2v) is 3.03. The number of hydrogen-bond acceptors (Lipinski definition) is 2. The van der Waals surface area contributed by atoms with Gasteiger partial charge in [-0.2, -0.15) is 26.3 Å². The Morgan fingerprint density at radius 3 is 2.00 bits per heavy atom. The summed E-state index contributed by atoms with van der Waals surface area (Å²) in [5.74, 6) is -4.52. The van der Waals surface area contributed by atoms with Crippen LogP contribution in [-0.2, 0) is 6.18 Å². The minimum Gasteiger partial charge on any atom is -0.456 e. The molecule has 0 saturated carbocycles. The first-order valence-corrected chi connectivity index (χ1v) is 4.10. The quantitative estimate of drug-likeness (QED) is 0.816. The predicted octanol–water partition coefficient (Wildman–Crippen LogP) is 2.90. The summed E-state index contributed by atoms with van der Waals surface area (Å²) < 4.78 is 77.2. The fourth-order valence-electron chi connectivity index (χ4n) is 1.10. The SMILES string of the molecule is NCC(c1ccc(C(F)(F)F)o1)C(F)(F)F. The van der Waals surface area contributed by atoms with E-state index in [0.29, 0.717) is 12.1 Å². The van der Waals surface area contributed by atoms with Gasteiger partial charge in [-0.15, -0.1) is 0 Å². The van der Waals surface area contributed by atoms with Gasteiger partial charge in [0.05, 0.1) is 0 Å². The van der Waals surface area contributed by atoms with Gasteiger partial charge in [-0.3, -0.25) is 0 Å². The average molecular weight is 247 g/mol. The molecule has 1 aromatic heterocycles. The first-order valence-electron chi connectivity index (χ1n) is 4.10. The molecule has 2 nitrogen and oxygen atoms in total. The monoisotopic (exact) mass is 247 g/mol. The van der Waals surface area contributed by atoms with Crippen molar-refractivity contribution in [2.24, 2.45) is 5.73 Å². The van der Waals surface area contributed by atoms with Gasteiger partial charge >= 0.3 is 12.4 Å². The van der Waals surface area contributed by atoms with E-state index in [4.69, 9.17) is 5.73 Å².